The van der Waals surface area contributed by atoms with Crippen molar-refractivity contribution in [3.8, 4) is 22.3 Å². The highest BCUT2D eigenvalue weighted by Gasteiger charge is 2.45. The number of hydrogen-bond acceptors (Lipinski definition) is 4. The van der Waals surface area contributed by atoms with E-state index in [1.165, 1.54) is 0 Å². The number of carbonyl (C=O) groups is 2. The second-order valence-electron chi connectivity index (χ2n) is 12.0. The molecule has 1 saturated heterocycles. The fourth-order valence-electron chi connectivity index (χ4n) is 6.14. The number of nitrogens with zero attached hydrogens (tertiary/aromatic N) is 4. The molecule has 8 N–H and O–H groups in total. The molecule has 4 aromatic carbocycles. The topological polar surface area (TPSA) is 169 Å². The van der Waals surface area contributed by atoms with Crippen molar-refractivity contribution < 1.29 is 9.59 Å². The third-order valence-electron chi connectivity index (χ3n) is 8.58. The van der Waals surface area contributed by atoms with Gasteiger partial charge in [0, 0.05) is 26.2 Å². The number of nitrogens with two attached hydrogens (primary N) is 4. The first kappa shape index (κ1) is 33.7. The lowest BCUT2D eigenvalue weighted by Gasteiger charge is -2.45. The SMILES string of the molecule is NC(N)=NCCC[C@H]1C(=O)N(Cc2ccc(-c3ccccc3)cc2)[C@@H](CCCN=C(N)N)C(=O)N1Cc1ccc(-c2ccccc2)cc1. The van der Waals surface area contributed by atoms with E-state index in [2.05, 4.69) is 34.3 Å². The molecule has 1 aliphatic rings. The van der Waals surface area contributed by atoms with Crippen LogP contribution in [0.4, 0.5) is 0 Å². The van der Waals surface area contributed by atoms with Gasteiger partial charge in [0.25, 0.3) is 0 Å². The molecule has 2 amide bonds. The van der Waals surface area contributed by atoms with Gasteiger partial charge in [-0.2, -0.15) is 0 Å². The van der Waals surface area contributed by atoms with Crippen molar-refractivity contribution in [2.75, 3.05) is 13.1 Å². The minimum Gasteiger partial charge on any atom is -0.370 e. The number of carbonyl (C=O) groups excluding carboxylic acids is 2. The van der Waals surface area contributed by atoms with Crippen molar-refractivity contribution in [1.29, 1.82) is 0 Å². The van der Waals surface area contributed by atoms with Gasteiger partial charge in [-0.3, -0.25) is 19.6 Å². The van der Waals surface area contributed by atoms with Gasteiger partial charge in [0.2, 0.25) is 11.8 Å². The van der Waals surface area contributed by atoms with Crippen molar-refractivity contribution in [1.82, 2.24) is 9.80 Å². The maximum atomic E-state index is 14.5. The van der Waals surface area contributed by atoms with Gasteiger partial charge in [0.15, 0.2) is 11.9 Å². The van der Waals surface area contributed by atoms with Gasteiger partial charge in [-0.15, -0.1) is 0 Å². The van der Waals surface area contributed by atoms with Crippen molar-refractivity contribution in [2.24, 2.45) is 32.9 Å². The molecule has 0 radical (unpaired) electrons. The van der Waals surface area contributed by atoms with Gasteiger partial charge in [-0.05, 0) is 59.1 Å². The highest BCUT2D eigenvalue weighted by atomic mass is 16.2. The number of benzene rings is 4. The minimum absolute atomic E-state index is 0.00201. The van der Waals surface area contributed by atoms with Crippen LogP contribution in [0.25, 0.3) is 22.3 Å². The van der Waals surface area contributed by atoms with E-state index in [-0.39, 0.29) is 23.7 Å². The molecule has 0 bridgehead atoms. The molecule has 248 valence electrons. The fourth-order valence-corrected chi connectivity index (χ4v) is 6.14. The summed E-state index contributed by atoms with van der Waals surface area (Å²) in [5, 5.41) is 0. The molecule has 0 aliphatic carbocycles. The van der Waals surface area contributed by atoms with E-state index in [0.717, 1.165) is 33.4 Å². The van der Waals surface area contributed by atoms with Crippen LogP contribution in [0.1, 0.15) is 36.8 Å². The Morgan fingerprint density at radius 3 is 1.17 bits per heavy atom. The van der Waals surface area contributed by atoms with Gasteiger partial charge >= 0.3 is 0 Å². The molecule has 1 fully saturated rings. The van der Waals surface area contributed by atoms with E-state index in [9.17, 15) is 9.59 Å². The first-order valence-corrected chi connectivity index (χ1v) is 16.3. The van der Waals surface area contributed by atoms with Gasteiger partial charge in [0.05, 0.1) is 0 Å². The molecule has 1 aliphatic heterocycles. The maximum Gasteiger partial charge on any atom is 0.246 e. The quantitative estimate of drug-likeness (QED) is 0.0909. The van der Waals surface area contributed by atoms with Crippen LogP contribution in [0.5, 0.6) is 0 Å². The largest absolute Gasteiger partial charge is 0.370 e. The number of amides is 2. The summed E-state index contributed by atoms with van der Waals surface area (Å²) in [4.78, 5) is 40.6. The highest BCUT2D eigenvalue weighted by Crippen LogP contribution is 2.29. The van der Waals surface area contributed by atoms with Crippen LogP contribution < -0.4 is 22.9 Å². The molecular weight excluding hydrogens is 600 g/mol. The van der Waals surface area contributed by atoms with Crippen LogP contribution in [0.2, 0.25) is 0 Å². The van der Waals surface area contributed by atoms with Crippen molar-refractivity contribution in [3.63, 3.8) is 0 Å². The lowest BCUT2D eigenvalue weighted by atomic mass is 9.95. The lowest BCUT2D eigenvalue weighted by molar-refractivity contribution is -0.164. The predicted octanol–water partition coefficient (Wildman–Crippen LogP) is 4.24. The highest BCUT2D eigenvalue weighted by molar-refractivity contribution is 5.97. The van der Waals surface area contributed by atoms with Crippen molar-refractivity contribution >= 4 is 23.7 Å². The van der Waals surface area contributed by atoms with Gasteiger partial charge in [0.1, 0.15) is 12.1 Å². The number of guanidine groups is 2. The summed E-state index contributed by atoms with van der Waals surface area (Å²) in [5.74, 6) is -0.200. The standard InChI is InChI=1S/C38H44N8O2/c39-37(40)43-23-7-13-33-36(48)46(26-28-17-21-32(22-18-28)30-11-5-2-6-12-30)34(14-8-24-44-38(41)42)35(47)45(33)25-27-15-19-31(20-16-27)29-9-3-1-4-10-29/h1-6,9-12,15-22,33-34H,7-8,13-14,23-26H2,(H4,39,40,43)(H4,41,42,44)/t33-,34-/m0/s1. The van der Waals surface area contributed by atoms with Crippen LogP contribution in [-0.4, -0.2) is 58.7 Å². The lowest BCUT2D eigenvalue weighted by Crippen LogP contribution is -2.64. The molecule has 5 rings (SSSR count). The van der Waals surface area contributed by atoms with Crippen molar-refractivity contribution in [2.45, 2.75) is 50.9 Å². The molecule has 1 heterocycles. The molecule has 2 atom stereocenters. The summed E-state index contributed by atoms with van der Waals surface area (Å²) in [6, 6.07) is 35.2. The predicted molar refractivity (Wildman–Crippen MR) is 192 cm³/mol. The van der Waals surface area contributed by atoms with Crippen molar-refractivity contribution in [3.05, 3.63) is 120 Å². The molecule has 48 heavy (non-hydrogen) atoms. The van der Waals surface area contributed by atoms with Gasteiger partial charge in [-0.1, -0.05) is 109 Å². The minimum atomic E-state index is -0.668. The van der Waals surface area contributed by atoms with E-state index in [0.29, 0.717) is 51.9 Å². The molecule has 10 heteroatoms. The molecule has 0 saturated carbocycles. The molecular formula is C38H44N8O2. The summed E-state index contributed by atoms with van der Waals surface area (Å²) in [6.45, 7) is 1.33. The Hall–Kier alpha value is -5.64. The maximum absolute atomic E-state index is 14.5. The molecule has 0 spiro atoms. The zero-order chi connectivity index (χ0) is 33.9. The van der Waals surface area contributed by atoms with Gasteiger partial charge < -0.3 is 32.7 Å². The van der Waals surface area contributed by atoms with E-state index in [1.807, 2.05) is 84.9 Å². The number of rotatable bonds is 14. The van der Waals surface area contributed by atoms with E-state index >= 15 is 0 Å². The van der Waals surface area contributed by atoms with Crippen LogP contribution in [-0.2, 0) is 22.7 Å². The Labute approximate surface area is 282 Å². The third kappa shape index (κ3) is 8.79. The third-order valence-corrected chi connectivity index (χ3v) is 8.58. The normalized spacial score (nSPS) is 16.1. The average Bonchev–Trinajstić information content (AvgIpc) is 3.10. The Bertz CT molecular complexity index is 1570. The summed E-state index contributed by atoms with van der Waals surface area (Å²) in [7, 11) is 0. The van der Waals surface area contributed by atoms with E-state index in [4.69, 9.17) is 22.9 Å². The summed E-state index contributed by atoms with van der Waals surface area (Å²) in [6.07, 6.45) is 1.93. The zero-order valence-electron chi connectivity index (χ0n) is 27.1. The number of piperazine rings is 1. The average molecular weight is 645 g/mol. The Morgan fingerprint density at radius 2 is 0.833 bits per heavy atom. The molecule has 4 aromatic rings. The van der Waals surface area contributed by atoms with Crippen LogP contribution >= 0.6 is 0 Å². The Kier molecular flexibility index (Phi) is 11.4. The Morgan fingerprint density at radius 1 is 0.500 bits per heavy atom. The van der Waals surface area contributed by atoms with Gasteiger partial charge in [-0.25, -0.2) is 0 Å². The Balaban J connectivity index is 1.42. The summed E-state index contributed by atoms with van der Waals surface area (Å²) >= 11 is 0. The summed E-state index contributed by atoms with van der Waals surface area (Å²) in [5.41, 5.74) is 28.5. The van der Waals surface area contributed by atoms with Crippen LogP contribution in [0, 0.1) is 0 Å². The molecule has 0 unspecified atom stereocenters. The first-order valence-electron chi connectivity index (χ1n) is 16.3. The van der Waals surface area contributed by atoms with Crippen LogP contribution in [0.3, 0.4) is 0 Å². The molecule has 10 nitrogen and oxygen atoms in total. The molecule has 0 aromatic heterocycles. The monoisotopic (exact) mass is 644 g/mol. The van der Waals surface area contributed by atoms with E-state index in [1.54, 1.807) is 9.80 Å². The second-order valence-corrected chi connectivity index (χ2v) is 12.0. The fraction of sp³-hybridized carbons (Fsp3) is 0.263. The smallest absolute Gasteiger partial charge is 0.246 e. The first-order chi connectivity index (χ1) is 23.3. The second kappa shape index (κ2) is 16.3. The number of hydrogen-bond donors (Lipinski definition) is 4. The zero-order valence-corrected chi connectivity index (χ0v) is 27.1. The van der Waals surface area contributed by atoms with E-state index < -0.39 is 12.1 Å². The summed E-state index contributed by atoms with van der Waals surface area (Å²) < 4.78 is 0. The van der Waals surface area contributed by atoms with Crippen LogP contribution in [0.15, 0.2) is 119 Å². The number of aliphatic imine (C=N–C) groups is 2.